The molecule has 2 aromatic heterocycles. The van der Waals surface area contributed by atoms with Gasteiger partial charge in [0.1, 0.15) is 17.0 Å². The van der Waals surface area contributed by atoms with E-state index in [1.807, 2.05) is 66.1 Å². The number of carbonyl (C=O) groups is 3. The summed E-state index contributed by atoms with van der Waals surface area (Å²) in [6.07, 6.45) is 5.00. The van der Waals surface area contributed by atoms with Crippen molar-refractivity contribution in [2.75, 3.05) is 55.5 Å². The van der Waals surface area contributed by atoms with Crippen LogP contribution in [0.1, 0.15) is 67.4 Å². The number of aromatic nitrogens is 2. The normalized spacial score (nSPS) is 14.4. The van der Waals surface area contributed by atoms with Crippen molar-refractivity contribution >= 4 is 46.1 Å². The van der Waals surface area contributed by atoms with Crippen molar-refractivity contribution in [3.05, 3.63) is 58.9 Å². The van der Waals surface area contributed by atoms with Gasteiger partial charge >= 0.3 is 6.09 Å². The molecule has 2 aliphatic heterocycles. The molecule has 0 bridgehead atoms. The first-order valence-corrected chi connectivity index (χ1v) is 15.3. The van der Waals surface area contributed by atoms with Crippen LogP contribution in [0.25, 0.3) is 0 Å². The third-order valence-corrected chi connectivity index (χ3v) is 7.42. The molecule has 232 valence electrons. The molecule has 3 aromatic rings. The fourth-order valence-electron chi connectivity index (χ4n) is 4.54. The SMILES string of the molecule is CC.CNc1cnccc1N1CCCN(C(=O)OC(C)(C)C)CC1.COc1ccc2c(c1)C(=O)N(c1nc(C=O)cs1)C2. The number of thiazole rings is 1. The number of amides is 2. The number of methoxy groups -OCH3 is 1. The Morgan fingerprint density at radius 3 is 2.53 bits per heavy atom. The topological polar surface area (TPSA) is 117 Å². The van der Waals surface area contributed by atoms with Gasteiger partial charge in [-0.3, -0.25) is 19.5 Å². The number of rotatable bonds is 5. The van der Waals surface area contributed by atoms with Crippen molar-refractivity contribution in [2.45, 2.75) is 53.2 Å². The van der Waals surface area contributed by atoms with Crippen molar-refractivity contribution in [3.63, 3.8) is 0 Å². The van der Waals surface area contributed by atoms with Crippen molar-refractivity contribution < 1.29 is 23.9 Å². The first-order valence-electron chi connectivity index (χ1n) is 14.4. The van der Waals surface area contributed by atoms with Crippen LogP contribution in [0.3, 0.4) is 0 Å². The minimum absolute atomic E-state index is 0.110. The summed E-state index contributed by atoms with van der Waals surface area (Å²) in [5.74, 6) is 0.544. The van der Waals surface area contributed by atoms with Crippen molar-refractivity contribution in [2.24, 2.45) is 0 Å². The van der Waals surface area contributed by atoms with Crippen molar-refractivity contribution in [1.29, 1.82) is 0 Å². The predicted molar refractivity (Wildman–Crippen MR) is 171 cm³/mol. The number of aldehydes is 1. The van der Waals surface area contributed by atoms with Crippen LogP contribution in [0, 0.1) is 0 Å². The highest BCUT2D eigenvalue weighted by atomic mass is 32.1. The number of carbonyl (C=O) groups excluding carboxylic acids is 3. The molecule has 12 heteroatoms. The van der Waals surface area contributed by atoms with Gasteiger partial charge in [-0.1, -0.05) is 19.9 Å². The number of anilines is 3. The van der Waals surface area contributed by atoms with E-state index in [-0.39, 0.29) is 12.0 Å². The van der Waals surface area contributed by atoms with E-state index in [1.165, 1.54) is 11.3 Å². The van der Waals surface area contributed by atoms with Gasteiger partial charge in [-0.2, -0.15) is 0 Å². The second-order valence-corrected chi connectivity index (χ2v) is 11.4. The summed E-state index contributed by atoms with van der Waals surface area (Å²) >= 11 is 1.29. The zero-order chi connectivity index (χ0) is 31.6. The highest BCUT2D eigenvalue weighted by Crippen LogP contribution is 2.32. The number of pyridine rings is 1. The van der Waals surface area contributed by atoms with Gasteiger partial charge in [-0.25, -0.2) is 9.78 Å². The number of hydrogen-bond donors (Lipinski definition) is 1. The molecule has 2 amide bonds. The first kappa shape index (κ1) is 33.3. The van der Waals surface area contributed by atoms with Crippen LogP contribution in [0.4, 0.5) is 21.3 Å². The lowest BCUT2D eigenvalue weighted by Gasteiger charge is -2.27. The van der Waals surface area contributed by atoms with E-state index in [0.717, 1.165) is 43.0 Å². The van der Waals surface area contributed by atoms with E-state index < -0.39 is 5.60 Å². The molecule has 11 nitrogen and oxygen atoms in total. The summed E-state index contributed by atoms with van der Waals surface area (Å²) < 4.78 is 10.6. The summed E-state index contributed by atoms with van der Waals surface area (Å²) in [5, 5.41) is 5.35. The summed E-state index contributed by atoms with van der Waals surface area (Å²) in [6, 6.07) is 7.44. The minimum Gasteiger partial charge on any atom is -0.497 e. The number of nitrogens with one attached hydrogen (secondary N) is 1. The zero-order valence-corrected chi connectivity index (χ0v) is 26.9. The second kappa shape index (κ2) is 15.3. The average molecular weight is 611 g/mol. The third-order valence-electron chi connectivity index (χ3n) is 6.54. The van der Waals surface area contributed by atoms with Crippen LogP contribution in [-0.2, 0) is 11.3 Å². The van der Waals surface area contributed by atoms with E-state index in [9.17, 15) is 14.4 Å². The molecule has 0 saturated carbocycles. The molecular formula is C31H42N6O5S. The van der Waals surface area contributed by atoms with Gasteiger partial charge in [0, 0.05) is 50.4 Å². The Morgan fingerprint density at radius 1 is 1.12 bits per heavy atom. The Labute approximate surface area is 257 Å². The Bertz CT molecular complexity index is 1390. The van der Waals surface area contributed by atoms with Gasteiger partial charge in [0.05, 0.1) is 31.2 Å². The van der Waals surface area contributed by atoms with Crippen LogP contribution in [0.2, 0.25) is 0 Å². The lowest BCUT2D eigenvalue weighted by molar-refractivity contribution is 0.0263. The molecule has 0 spiro atoms. The fourth-order valence-corrected chi connectivity index (χ4v) is 5.31. The quantitative estimate of drug-likeness (QED) is 0.362. The Balaban J connectivity index is 0.000000224. The Hall–Kier alpha value is -4.19. The fraction of sp³-hybridized carbons (Fsp3) is 0.452. The largest absolute Gasteiger partial charge is 0.497 e. The number of benzene rings is 1. The van der Waals surface area contributed by atoms with E-state index in [2.05, 4.69) is 20.2 Å². The summed E-state index contributed by atoms with van der Waals surface area (Å²) in [6.45, 7) is 13.3. The number of nitrogens with zero attached hydrogens (tertiary/aromatic N) is 5. The Morgan fingerprint density at radius 2 is 1.88 bits per heavy atom. The number of fused-ring (bicyclic) bond motifs is 1. The van der Waals surface area contributed by atoms with Crippen LogP contribution < -0.4 is 19.9 Å². The van der Waals surface area contributed by atoms with Gasteiger partial charge in [0.25, 0.3) is 5.91 Å². The average Bonchev–Trinajstić information content (AvgIpc) is 3.52. The van der Waals surface area contributed by atoms with Crippen LogP contribution in [0.5, 0.6) is 5.75 Å². The first-order chi connectivity index (χ1) is 20.6. The van der Waals surface area contributed by atoms with E-state index in [4.69, 9.17) is 9.47 Å². The summed E-state index contributed by atoms with van der Waals surface area (Å²) in [7, 11) is 3.46. The van der Waals surface area contributed by atoms with Gasteiger partial charge in [0.15, 0.2) is 11.4 Å². The van der Waals surface area contributed by atoms with E-state index in [1.54, 1.807) is 34.6 Å². The van der Waals surface area contributed by atoms with Crippen LogP contribution >= 0.6 is 11.3 Å². The summed E-state index contributed by atoms with van der Waals surface area (Å²) in [5.41, 5.74) is 3.60. The third kappa shape index (κ3) is 8.66. The highest BCUT2D eigenvalue weighted by molar-refractivity contribution is 7.14. The molecule has 2 aliphatic rings. The molecule has 0 unspecified atom stereocenters. The van der Waals surface area contributed by atoms with Crippen LogP contribution in [-0.4, -0.2) is 79.1 Å². The molecule has 1 saturated heterocycles. The summed E-state index contributed by atoms with van der Waals surface area (Å²) in [4.78, 5) is 49.1. The molecule has 1 fully saturated rings. The minimum atomic E-state index is -0.451. The smallest absolute Gasteiger partial charge is 0.410 e. The molecule has 4 heterocycles. The maximum absolute atomic E-state index is 12.3. The Kier molecular flexibility index (Phi) is 11.9. The highest BCUT2D eigenvalue weighted by Gasteiger charge is 2.31. The predicted octanol–water partition coefficient (Wildman–Crippen LogP) is 5.72. The van der Waals surface area contributed by atoms with Gasteiger partial charge < -0.3 is 24.6 Å². The van der Waals surface area contributed by atoms with Crippen molar-refractivity contribution in [1.82, 2.24) is 14.9 Å². The molecule has 0 radical (unpaired) electrons. The maximum atomic E-state index is 12.3. The van der Waals surface area contributed by atoms with Crippen molar-refractivity contribution in [3.8, 4) is 5.75 Å². The molecular weight excluding hydrogens is 568 g/mol. The molecule has 1 N–H and O–H groups in total. The second-order valence-electron chi connectivity index (χ2n) is 10.5. The molecule has 1 aromatic carbocycles. The monoisotopic (exact) mass is 610 g/mol. The van der Waals surface area contributed by atoms with Gasteiger partial charge in [-0.05, 0) is 51.0 Å². The van der Waals surface area contributed by atoms with E-state index >= 15 is 0 Å². The molecule has 5 rings (SSSR count). The van der Waals surface area contributed by atoms with Gasteiger partial charge in [0.2, 0.25) is 0 Å². The van der Waals surface area contributed by atoms with E-state index in [0.29, 0.717) is 41.5 Å². The number of ether oxygens (including phenoxy) is 2. The lowest BCUT2D eigenvalue weighted by Crippen LogP contribution is -2.39. The zero-order valence-electron chi connectivity index (χ0n) is 26.0. The standard InChI is InChI=1S/C16H26N4O2.C13H10N2O3S.C2H6/c1-16(2,3)22-15(21)20-9-5-8-19(10-11-20)14-6-7-18-12-13(14)17-4;1-18-10-3-2-8-5-15(12(17)11(8)4-10)13-14-9(6-16)7-19-13;1-2/h6-7,12,17H,5,8-11H2,1-4H3;2-4,6-7H,5H2,1H3;1-2H3. The number of hydrogen-bond acceptors (Lipinski definition) is 10. The van der Waals surface area contributed by atoms with Crippen LogP contribution in [0.15, 0.2) is 42.0 Å². The van der Waals surface area contributed by atoms with Gasteiger partial charge in [-0.15, -0.1) is 11.3 Å². The lowest BCUT2D eigenvalue weighted by atomic mass is 10.1. The maximum Gasteiger partial charge on any atom is 0.410 e. The molecule has 0 atom stereocenters. The molecule has 43 heavy (non-hydrogen) atoms. The molecule has 0 aliphatic carbocycles.